The molecule has 0 bridgehead atoms. The van der Waals surface area contributed by atoms with Crippen molar-refractivity contribution >= 4 is 40.2 Å². The maximum absolute atomic E-state index is 13.9. The number of nitrogens with zero attached hydrogens (tertiary/aromatic N) is 4. The topological polar surface area (TPSA) is 60.0 Å². The van der Waals surface area contributed by atoms with Gasteiger partial charge in [0, 0.05) is 24.3 Å². The van der Waals surface area contributed by atoms with Crippen LogP contribution in [0.25, 0.3) is 11.0 Å². The predicted molar refractivity (Wildman–Crippen MR) is 108 cm³/mol. The highest BCUT2D eigenvalue weighted by Gasteiger charge is 2.30. The lowest BCUT2D eigenvalue weighted by molar-refractivity contribution is 0.243. The Balaban J connectivity index is 1.83. The summed E-state index contributed by atoms with van der Waals surface area (Å²) in [6, 6.07) is 8.72. The van der Waals surface area contributed by atoms with E-state index in [0.717, 1.165) is 22.7 Å². The first-order chi connectivity index (χ1) is 12.9. The highest BCUT2D eigenvalue weighted by molar-refractivity contribution is 6.31. The lowest BCUT2D eigenvalue weighted by Crippen LogP contribution is -2.50. The van der Waals surface area contributed by atoms with Gasteiger partial charge in [-0.2, -0.15) is 0 Å². The minimum Gasteiger partial charge on any atom is -0.340 e. The Morgan fingerprint density at radius 1 is 1.22 bits per heavy atom. The molecule has 142 valence electrons. The van der Waals surface area contributed by atoms with E-state index in [-0.39, 0.29) is 6.04 Å². The van der Waals surface area contributed by atoms with Gasteiger partial charge in [0.2, 0.25) is 5.95 Å². The first kappa shape index (κ1) is 18.5. The van der Waals surface area contributed by atoms with Crippen LogP contribution in [0.5, 0.6) is 0 Å². The molecule has 1 saturated heterocycles. The number of rotatable bonds is 3. The Kier molecular flexibility index (Phi) is 4.97. The molecule has 0 aliphatic carbocycles. The molecule has 1 aliphatic heterocycles. The van der Waals surface area contributed by atoms with Crippen LogP contribution in [0.2, 0.25) is 10.0 Å². The number of fused-ring (bicyclic) bond motifs is 1. The van der Waals surface area contributed by atoms with Crippen LogP contribution in [-0.2, 0) is 0 Å². The van der Waals surface area contributed by atoms with Gasteiger partial charge in [0.1, 0.15) is 6.17 Å². The summed E-state index contributed by atoms with van der Waals surface area (Å²) in [6.45, 7) is 3.03. The standard InChI is InChI=1S/C19H20Cl2FN5/c1-11(16-4-2-13(21)9-24-16)27-18-5-3-12(20)8-17(18)25-19(27)26-7-6-14(22)15(23)10-26/h2-5,8-9,11,14-15H,6-7,10,23H2,1H3/t11?,14-,15-/m1/s1. The molecular formula is C19H20Cl2FN5. The summed E-state index contributed by atoms with van der Waals surface area (Å²) in [7, 11) is 0. The molecule has 3 heterocycles. The van der Waals surface area contributed by atoms with E-state index in [0.29, 0.717) is 29.6 Å². The Morgan fingerprint density at radius 2 is 2.00 bits per heavy atom. The Bertz CT molecular complexity index is 959. The smallest absolute Gasteiger partial charge is 0.207 e. The number of halogens is 3. The highest BCUT2D eigenvalue weighted by atomic mass is 35.5. The Morgan fingerprint density at radius 3 is 2.70 bits per heavy atom. The average molecular weight is 408 g/mol. The first-order valence-electron chi connectivity index (χ1n) is 8.87. The molecule has 0 amide bonds. The molecule has 27 heavy (non-hydrogen) atoms. The van der Waals surface area contributed by atoms with Gasteiger partial charge < -0.3 is 15.2 Å². The van der Waals surface area contributed by atoms with Crippen LogP contribution in [0.4, 0.5) is 10.3 Å². The second-order valence-corrected chi connectivity index (χ2v) is 7.78. The molecule has 5 nitrogen and oxygen atoms in total. The van der Waals surface area contributed by atoms with Gasteiger partial charge in [0.05, 0.1) is 33.8 Å². The van der Waals surface area contributed by atoms with E-state index in [1.165, 1.54) is 0 Å². The van der Waals surface area contributed by atoms with Crippen molar-refractivity contribution < 1.29 is 4.39 Å². The van der Waals surface area contributed by atoms with Gasteiger partial charge >= 0.3 is 0 Å². The molecule has 2 N–H and O–H groups in total. The lowest BCUT2D eigenvalue weighted by Gasteiger charge is -2.34. The van der Waals surface area contributed by atoms with E-state index < -0.39 is 12.2 Å². The molecule has 1 fully saturated rings. The summed E-state index contributed by atoms with van der Waals surface area (Å²) >= 11 is 12.1. The molecule has 3 aromatic rings. The van der Waals surface area contributed by atoms with Gasteiger partial charge in [-0.05, 0) is 43.7 Å². The molecule has 0 radical (unpaired) electrons. The summed E-state index contributed by atoms with van der Waals surface area (Å²) in [6.07, 6.45) is 1.04. The summed E-state index contributed by atoms with van der Waals surface area (Å²) < 4.78 is 16.0. The maximum Gasteiger partial charge on any atom is 0.207 e. The van der Waals surface area contributed by atoms with Crippen molar-refractivity contribution in [1.29, 1.82) is 0 Å². The average Bonchev–Trinajstić information content (AvgIpc) is 3.02. The van der Waals surface area contributed by atoms with Crippen molar-refractivity contribution in [2.24, 2.45) is 5.73 Å². The zero-order chi connectivity index (χ0) is 19.1. The van der Waals surface area contributed by atoms with Crippen LogP contribution >= 0.6 is 23.2 Å². The number of hydrogen-bond acceptors (Lipinski definition) is 4. The van der Waals surface area contributed by atoms with E-state index in [1.54, 1.807) is 6.20 Å². The van der Waals surface area contributed by atoms with Crippen LogP contribution in [0, 0.1) is 0 Å². The maximum atomic E-state index is 13.9. The SMILES string of the molecule is CC(c1ccc(Cl)cn1)n1c(N2CC[C@@H](F)[C@H](N)C2)nc2cc(Cl)ccc21. The van der Waals surface area contributed by atoms with Crippen LogP contribution in [0.1, 0.15) is 25.1 Å². The molecule has 3 atom stereocenters. The number of piperidine rings is 1. The first-order valence-corrected chi connectivity index (χ1v) is 9.63. The van der Waals surface area contributed by atoms with Gasteiger partial charge in [-0.3, -0.25) is 4.98 Å². The number of imidazole rings is 1. The van der Waals surface area contributed by atoms with E-state index >= 15 is 0 Å². The lowest BCUT2D eigenvalue weighted by atomic mass is 10.1. The molecule has 0 spiro atoms. The Hall–Kier alpha value is -1.89. The number of hydrogen-bond donors (Lipinski definition) is 1. The van der Waals surface area contributed by atoms with Crippen LogP contribution < -0.4 is 10.6 Å². The molecule has 1 aromatic carbocycles. The number of aromatic nitrogens is 3. The van der Waals surface area contributed by atoms with Crippen LogP contribution in [0.15, 0.2) is 36.5 Å². The molecule has 1 unspecified atom stereocenters. The minimum absolute atomic E-state index is 0.0947. The zero-order valence-corrected chi connectivity index (χ0v) is 16.3. The largest absolute Gasteiger partial charge is 0.340 e. The summed E-state index contributed by atoms with van der Waals surface area (Å²) in [5, 5.41) is 1.21. The van der Waals surface area contributed by atoms with Gasteiger partial charge in [-0.1, -0.05) is 23.2 Å². The van der Waals surface area contributed by atoms with Crippen molar-refractivity contribution in [1.82, 2.24) is 14.5 Å². The van der Waals surface area contributed by atoms with E-state index in [4.69, 9.17) is 33.9 Å². The van der Waals surface area contributed by atoms with Gasteiger partial charge in [0.25, 0.3) is 0 Å². The summed E-state index contributed by atoms with van der Waals surface area (Å²) in [5.74, 6) is 0.749. The number of pyridine rings is 1. The predicted octanol–water partition coefficient (Wildman–Crippen LogP) is 4.22. The molecule has 1 aliphatic rings. The molecule has 0 saturated carbocycles. The van der Waals surface area contributed by atoms with E-state index in [1.807, 2.05) is 35.2 Å². The molecule has 4 rings (SSSR count). The van der Waals surface area contributed by atoms with E-state index in [2.05, 4.69) is 16.5 Å². The second kappa shape index (κ2) is 7.26. The summed E-state index contributed by atoms with van der Waals surface area (Å²) in [5.41, 5.74) is 8.56. The van der Waals surface area contributed by atoms with Crippen LogP contribution in [0.3, 0.4) is 0 Å². The number of anilines is 1. The quantitative estimate of drug-likeness (QED) is 0.705. The van der Waals surface area contributed by atoms with Crippen molar-refractivity contribution in [3.05, 3.63) is 52.3 Å². The van der Waals surface area contributed by atoms with Gasteiger partial charge in [-0.15, -0.1) is 0 Å². The van der Waals surface area contributed by atoms with Crippen molar-refractivity contribution in [3.63, 3.8) is 0 Å². The summed E-state index contributed by atoms with van der Waals surface area (Å²) in [4.78, 5) is 11.3. The normalized spacial score (nSPS) is 21.6. The third kappa shape index (κ3) is 3.49. The fourth-order valence-electron chi connectivity index (χ4n) is 3.57. The second-order valence-electron chi connectivity index (χ2n) is 6.91. The van der Waals surface area contributed by atoms with Crippen molar-refractivity contribution in [3.8, 4) is 0 Å². The molecular weight excluding hydrogens is 388 g/mol. The molecule has 8 heteroatoms. The third-order valence-electron chi connectivity index (χ3n) is 5.05. The number of benzene rings is 1. The highest BCUT2D eigenvalue weighted by Crippen LogP contribution is 2.32. The fourth-order valence-corrected chi connectivity index (χ4v) is 3.84. The van der Waals surface area contributed by atoms with Crippen LogP contribution in [-0.4, -0.2) is 39.8 Å². The minimum atomic E-state index is -0.983. The monoisotopic (exact) mass is 407 g/mol. The zero-order valence-electron chi connectivity index (χ0n) is 14.8. The van der Waals surface area contributed by atoms with Gasteiger partial charge in [0.15, 0.2) is 0 Å². The van der Waals surface area contributed by atoms with E-state index in [9.17, 15) is 4.39 Å². The van der Waals surface area contributed by atoms with Crippen molar-refractivity contribution in [2.75, 3.05) is 18.0 Å². The van der Waals surface area contributed by atoms with Gasteiger partial charge in [-0.25, -0.2) is 9.37 Å². The molecule has 2 aromatic heterocycles. The Labute approximate surface area is 166 Å². The van der Waals surface area contributed by atoms with Crippen molar-refractivity contribution in [2.45, 2.75) is 31.6 Å². The third-order valence-corrected chi connectivity index (χ3v) is 5.51. The number of alkyl halides is 1. The fraction of sp³-hybridized carbons (Fsp3) is 0.368. The number of nitrogens with two attached hydrogens (primary N) is 1.